The largest absolute Gasteiger partial charge is 0.393 e. The maximum atomic E-state index is 13.4. The lowest BCUT2D eigenvalue weighted by atomic mass is 9.83. The number of aliphatic hydroxyl groups excluding tert-OH is 1. The third kappa shape index (κ3) is 6.67. The van der Waals surface area contributed by atoms with Crippen molar-refractivity contribution < 1.29 is 18.6 Å². The van der Waals surface area contributed by atoms with Crippen molar-refractivity contribution in [2.75, 3.05) is 16.4 Å². The molecule has 5 rings (SSSR count). The number of nitrogens with one attached hydrogen (secondary N) is 2. The van der Waals surface area contributed by atoms with E-state index in [0.29, 0.717) is 30.3 Å². The van der Waals surface area contributed by atoms with E-state index >= 15 is 0 Å². The maximum Gasteiger partial charge on any atom is 0.225 e. The van der Waals surface area contributed by atoms with E-state index in [1.54, 1.807) is 52.2 Å². The molecule has 3 heterocycles. The number of anilines is 2. The van der Waals surface area contributed by atoms with E-state index in [9.17, 15) is 18.6 Å². The topological polar surface area (TPSA) is 150 Å². The Balaban J connectivity index is 1.56. The average Bonchev–Trinajstić information content (AvgIpc) is 3.47. The molecular weight excluding hydrogens is 585 g/mol. The van der Waals surface area contributed by atoms with Crippen LogP contribution in [-0.2, 0) is 9.84 Å². The molecule has 0 saturated heterocycles. The van der Waals surface area contributed by atoms with Gasteiger partial charge in [0.05, 0.1) is 49.4 Å². The summed E-state index contributed by atoms with van der Waals surface area (Å²) in [5.74, 6) is 0.699. The zero-order valence-electron chi connectivity index (χ0n) is 26.4. The first kappa shape index (κ1) is 32.0. The van der Waals surface area contributed by atoms with Gasteiger partial charge in [0.1, 0.15) is 16.3 Å². The molecule has 0 spiro atoms. The van der Waals surface area contributed by atoms with Crippen molar-refractivity contribution in [1.29, 1.82) is 0 Å². The Hall–Kier alpha value is -2.41. The molecule has 3 aromatic heterocycles. The monoisotopic (exact) mass is 630 g/mol. The summed E-state index contributed by atoms with van der Waals surface area (Å²) in [5, 5.41) is 29.3. The number of hydrogen-bond donors (Lipinski definition) is 4. The van der Waals surface area contributed by atoms with Crippen LogP contribution in [0.3, 0.4) is 0 Å². The normalized spacial score (nSPS) is 23.0. The number of nitrogens with zero attached hydrogens (tertiary/aromatic N) is 4. The van der Waals surface area contributed by atoms with Crippen LogP contribution in [0, 0.1) is 19.8 Å². The molecule has 0 unspecified atom stereocenters. The Bertz CT molecular complexity index is 1590. The van der Waals surface area contributed by atoms with Gasteiger partial charge in [0, 0.05) is 18.2 Å². The minimum absolute atomic E-state index is 0.0165. The quantitative estimate of drug-likeness (QED) is 0.254. The minimum atomic E-state index is -3.41. The highest BCUT2D eigenvalue weighted by molar-refractivity contribution is 7.92. The van der Waals surface area contributed by atoms with Crippen LogP contribution >= 0.6 is 11.3 Å². The van der Waals surface area contributed by atoms with E-state index in [2.05, 4.69) is 15.6 Å². The molecule has 3 aromatic rings. The van der Waals surface area contributed by atoms with Gasteiger partial charge in [-0.25, -0.2) is 18.4 Å². The number of thiazole rings is 1. The SMILES string of the molecule is Cc1nc(NC2(CS(=O)(=O)C(C)(C)C)CCCCC2)nc(N[C@H]2C[C@H](O)[C@@H](C(C)(C)O)C2)c1-c1nc2c(C)nccc2s1. The van der Waals surface area contributed by atoms with Gasteiger partial charge in [0.15, 0.2) is 9.84 Å². The maximum absolute atomic E-state index is 13.4. The number of aliphatic hydroxyl groups is 2. The molecular formula is C31H46N6O4S2. The Kier molecular flexibility index (Phi) is 8.56. The molecule has 0 amide bonds. The minimum Gasteiger partial charge on any atom is -0.393 e. The second kappa shape index (κ2) is 11.5. The molecule has 0 aromatic carbocycles. The summed E-state index contributed by atoms with van der Waals surface area (Å²) in [6.45, 7) is 12.6. The van der Waals surface area contributed by atoms with Gasteiger partial charge in [-0.15, -0.1) is 11.3 Å². The third-order valence-electron chi connectivity index (χ3n) is 9.16. The van der Waals surface area contributed by atoms with Crippen molar-refractivity contribution >= 4 is 43.2 Å². The van der Waals surface area contributed by atoms with E-state index in [4.69, 9.17) is 15.0 Å². The Morgan fingerprint density at radius 2 is 1.72 bits per heavy atom. The zero-order chi connectivity index (χ0) is 31.4. The van der Waals surface area contributed by atoms with Crippen molar-refractivity contribution in [3.05, 3.63) is 23.7 Å². The molecule has 2 aliphatic rings. The second-order valence-corrected chi connectivity index (χ2v) is 17.9. The predicted molar refractivity (Wildman–Crippen MR) is 173 cm³/mol. The fraction of sp³-hybridized carbons (Fsp3) is 0.677. The highest BCUT2D eigenvalue weighted by Crippen LogP contribution is 2.41. The summed E-state index contributed by atoms with van der Waals surface area (Å²) < 4.78 is 27.0. The average molecular weight is 631 g/mol. The lowest BCUT2D eigenvalue weighted by Crippen LogP contribution is -2.50. The van der Waals surface area contributed by atoms with Gasteiger partial charge in [-0.05, 0) is 80.2 Å². The lowest BCUT2D eigenvalue weighted by molar-refractivity contribution is -0.0314. The number of fused-ring (bicyclic) bond motifs is 1. The first-order valence-corrected chi connectivity index (χ1v) is 17.7. The molecule has 12 heteroatoms. The number of aryl methyl sites for hydroxylation is 2. The van der Waals surface area contributed by atoms with E-state index in [0.717, 1.165) is 58.6 Å². The Morgan fingerprint density at radius 3 is 2.33 bits per heavy atom. The lowest BCUT2D eigenvalue weighted by Gasteiger charge is -2.39. The van der Waals surface area contributed by atoms with E-state index in [1.165, 1.54) is 0 Å². The first-order valence-electron chi connectivity index (χ1n) is 15.3. The number of sulfone groups is 1. The van der Waals surface area contributed by atoms with Crippen molar-refractivity contribution in [2.45, 2.75) is 121 Å². The predicted octanol–water partition coefficient (Wildman–Crippen LogP) is 5.42. The van der Waals surface area contributed by atoms with E-state index in [1.807, 2.05) is 19.9 Å². The van der Waals surface area contributed by atoms with Crippen LogP contribution in [0.15, 0.2) is 12.3 Å². The second-order valence-electron chi connectivity index (χ2n) is 14.1. The molecule has 0 bridgehead atoms. The van der Waals surface area contributed by atoms with Crippen molar-refractivity contribution in [3.63, 3.8) is 0 Å². The highest BCUT2D eigenvalue weighted by Gasteiger charge is 2.43. The summed E-state index contributed by atoms with van der Waals surface area (Å²) in [4.78, 5) is 19.2. The van der Waals surface area contributed by atoms with Crippen LogP contribution < -0.4 is 10.6 Å². The van der Waals surface area contributed by atoms with Crippen LogP contribution in [0.1, 0.15) is 91.0 Å². The molecule has 2 saturated carbocycles. The van der Waals surface area contributed by atoms with Crippen LogP contribution in [0.5, 0.6) is 0 Å². The van der Waals surface area contributed by atoms with Gasteiger partial charge < -0.3 is 20.8 Å². The third-order valence-corrected chi connectivity index (χ3v) is 13.0. The first-order chi connectivity index (χ1) is 20.0. The fourth-order valence-electron chi connectivity index (χ4n) is 6.52. The standard InChI is InChI=1S/C31H46N6O4S2/c1-18-24(27-35-25-19(2)32-14-11-23(25)42-27)26(34-20-15-21(22(38)16-20)30(6,7)39)36-28(33-18)37-31(12-9-8-10-13-31)17-43(40,41)29(3,4)5/h11,14,20-22,38-39H,8-10,12-13,15-17H2,1-7H3,(H2,33,34,36,37)/t20-,21+,22+/m1/s1. The molecule has 0 radical (unpaired) electrons. The summed E-state index contributed by atoms with van der Waals surface area (Å²) >= 11 is 1.55. The highest BCUT2D eigenvalue weighted by atomic mass is 32.2. The Labute approximate surface area is 259 Å². The molecule has 4 N–H and O–H groups in total. The number of aromatic nitrogens is 4. The molecule has 236 valence electrons. The molecule has 10 nitrogen and oxygen atoms in total. The summed E-state index contributed by atoms with van der Waals surface area (Å²) in [5.41, 5.74) is 1.49. The number of pyridine rings is 1. The van der Waals surface area contributed by atoms with Gasteiger partial charge in [0.25, 0.3) is 0 Å². The summed E-state index contributed by atoms with van der Waals surface area (Å²) in [7, 11) is -3.41. The van der Waals surface area contributed by atoms with Crippen molar-refractivity contribution in [2.24, 2.45) is 5.92 Å². The molecule has 2 aliphatic carbocycles. The number of hydrogen-bond acceptors (Lipinski definition) is 11. The van der Waals surface area contributed by atoms with Crippen molar-refractivity contribution in [1.82, 2.24) is 19.9 Å². The van der Waals surface area contributed by atoms with E-state index < -0.39 is 31.8 Å². The van der Waals surface area contributed by atoms with Crippen LogP contribution in [0.2, 0.25) is 0 Å². The van der Waals surface area contributed by atoms with Gasteiger partial charge in [-0.2, -0.15) is 4.98 Å². The van der Waals surface area contributed by atoms with Crippen LogP contribution in [0.25, 0.3) is 20.8 Å². The van der Waals surface area contributed by atoms with Crippen molar-refractivity contribution in [3.8, 4) is 10.6 Å². The molecule has 2 fully saturated rings. The van der Waals surface area contributed by atoms with E-state index in [-0.39, 0.29) is 17.7 Å². The van der Waals surface area contributed by atoms with Gasteiger partial charge in [-0.3, -0.25) is 4.98 Å². The zero-order valence-corrected chi connectivity index (χ0v) is 28.0. The van der Waals surface area contributed by atoms with Gasteiger partial charge >= 0.3 is 0 Å². The summed E-state index contributed by atoms with van der Waals surface area (Å²) in [6, 6.07) is 1.82. The summed E-state index contributed by atoms with van der Waals surface area (Å²) in [6.07, 6.45) is 6.57. The van der Waals surface area contributed by atoms with Crippen LogP contribution in [-0.4, -0.2) is 72.4 Å². The molecule has 43 heavy (non-hydrogen) atoms. The van der Waals surface area contributed by atoms with Crippen LogP contribution in [0.4, 0.5) is 11.8 Å². The van der Waals surface area contributed by atoms with Gasteiger partial charge in [0.2, 0.25) is 5.95 Å². The Morgan fingerprint density at radius 1 is 1.02 bits per heavy atom. The fourth-order valence-corrected chi connectivity index (χ4v) is 9.15. The molecule has 0 aliphatic heterocycles. The smallest absolute Gasteiger partial charge is 0.225 e. The van der Waals surface area contributed by atoms with Gasteiger partial charge in [-0.1, -0.05) is 19.3 Å². The number of rotatable bonds is 8. The molecule has 3 atom stereocenters.